The Hall–Kier alpha value is -1.79. The van der Waals surface area contributed by atoms with Gasteiger partial charge in [0.2, 0.25) is 0 Å². The number of quaternary nitrogens is 1. The summed E-state index contributed by atoms with van der Waals surface area (Å²) in [6, 6.07) is 8.09. The van der Waals surface area contributed by atoms with Crippen LogP contribution in [0.3, 0.4) is 0 Å². The van der Waals surface area contributed by atoms with Crippen molar-refractivity contribution in [2.75, 3.05) is 26.8 Å². The third kappa shape index (κ3) is 7.85. The molecular formula is C16H27N2O4+. The molecule has 124 valence electrons. The van der Waals surface area contributed by atoms with Crippen molar-refractivity contribution in [1.29, 1.82) is 0 Å². The molecule has 0 saturated carbocycles. The second-order valence-electron chi connectivity index (χ2n) is 5.49. The molecule has 22 heavy (non-hydrogen) atoms. The van der Waals surface area contributed by atoms with Crippen molar-refractivity contribution in [3.63, 3.8) is 0 Å². The third-order valence-corrected chi connectivity index (χ3v) is 3.11. The number of alkyl carbamates (subject to hydrolysis) is 1. The van der Waals surface area contributed by atoms with Crippen molar-refractivity contribution in [2.24, 2.45) is 0 Å². The van der Waals surface area contributed by atoms with Crippen LogP contribution in [0.1, 0.15) is 19.4 Å². The van der Waals surface area contributed by atoms with Gasteiger partial charge in [0.15, 0.2) is 0 Å². The van der Waals surface area contributed by atoms with Crippen LogP contribution < -0.4 is 15.4 Å². The average Bonchev–Trinajstić information content (AvgIpc) is 2.51. The van der Waals surface area contributed by atoms with Crippen molar-refractivity contribution >= 4 is 6.09 Å². The number of carbonyl (C=O) groups is 1. The average molecular weight is 311 g/mol. The van der Waals surface area contributed by atoms with Gasteiger partial charge in [0.25, 0.3) is 0 Å². The number of nitrogens with two attached hydrogens (primary N) is 1. The lowest BCUT2D eigenvalue weighted by molar-refractivity contribution is -0.688. The Balaban J connectivity index is 2.28. The first-order chi connectivity index (χ1) is 10.5. The highest BCUT2D eigenvalue weighted by Crippen LogP contribution is 2.12. The Morgan fingerprint density at radius 1 is 1.32 bits per heavy atom. The van der Waals surface area contributed by atoms with Crippen molar-refractivity contribution in [3.05, 3.63) is 29.8 Å². The van der Waals surface area contributed by atoms with Gasteiger partial charge in [-0.15, -0.1) is 0 Å². The number of nitrogens with one attached hydrogen (secondary N) is 1. The van der Waals surface area contributed by atoms with Crippen LogP contribution in [0.25, 0.3) is 0 Å². The molecule has 4 N–H and O–H groups in total. The molecule has 1 aromatic carbocycles. The molecule has 0 saturated heterocycles. The van der Waals surface area contributed by atoms with Crippen LogP contribution >= 0.6 is 0 Å². The van der Waals surface area contributed by atoms with Crippen molar-refractivity contribution in [2.45, 2.75) is 32.4 Å². The molecule has 0 spiro atoms. The number of rotatable bonds is 9. The zero-order chi connectivity index (χ0) is 16.4. The molecule has 0 heterocycles. The van der Waals surface area contributed by atoms with E-state index >= 15 is 0 Å². The van der Waals surface area contributed by atoms with E-state index < -0.39 is 12.2 Å². The number of ether oxygens (including phenoxy) is 2. The molecule has 0 aromatic heterocycles. The minimum Gasteiger partial charge on any atom is -0.491 e. The smallest absolute Gasteiger partial charge is 0.406 e. The van der Waals surface area contributed by atoms with E-state index in [1.165, 1.54) is 7.11 Å². The lowest BCUT2D eigenvalue weighted by atomic mass is 10.1. The number of hydrogen-bond donors (Lipinski definition) is 3. The molecule has 0 aliphatic rings. The topological polar surface area (TPSA) is 84.4 Å². The van der Waals surface area contributed by atoms with Crippen LogP contribution in [0.4, 0.5) is 4.79 Å². The van der Waals surface area contributed by atoms with Gasteiger partial charge in [-0.25, -0.2) is 4.79 Å². The Kier molecular flexibility index (Phi) is 8.32. The lowest BCUT2D eigenvalue weighted by Gasteiger charge is -2.13. The van der Waals surface area contributed by atoms with Crippen LogP contribution in [-0.2, 0) is 11.2 Å². The summed E-state index contributed by atoms with van der Waals surface area (Å²) in [6.45, 7) is 5.61. The second kappa shape index (κ2) is 10.0. The quantitative estimate of drug-likeness (QED) is 0.612. The predicted molar refractivity (Wildman–Crippen MR) is 84.0 cm³/mol. The summed E-state index contributed by atoms with van der Waals surface area (Å²) in [6.07, 6.45) is -0.181. The monoisotopic (exact) mass is 311 g/mol. The van der Waals surface area contributed by atoms with E-state index in [0.29, 0.717) is 19.1 Å². The van der Waals surface area contributed by atoms with Gasteiger partial charge < -0.3 is 25.2 Å². The molecule has 0 fully saturated rings. The van der Waals surface area contributed by atoms with Gasteiger partial charge in [-0.2, -0.15) is 0 Å². The molecule has 1 aromatic rings. The molecule has 0 unspecified atom stereocenters. The summed E-state index contributed by atoms with van der Waals surface area (Å²) in [5, 5.41) is 14.5. The minimum absolute atomic E-state index is 0.284. The normalized spacial score (nSPS) is 12.0. The second-order valence-corrected chi connectivity index (χ2v) is 5.49. The highest BCUT2D eigenvalue weighted by molar-refractivity contribution is 5.66. The first kappa shape index (κ1) is 18.3. The molecule has 6 heteroatoms. The number of hydrogen-bond acceptors (Lipinski definition) is 4. The maximum absolute atomic E-state index is 10.9. The number of aliphatic hydroxyl groups excluding tert-OH is 1. The van der Waals surface area contributed by atoms with Gasteiger partial charge >= 0.3 is 6.09 Å². The van der Waals surface area contributed by atoms with Crippen LogP contribution in [0, 0.1) is 0 Å². The molecule has 0 aliphatic carbocycles. The number of aliphatic hydroxyl groups is 1. The van der Waals surface area contributed by atoms with Gasteiger partial charge in [-0.3, -0.25) is 0 Å². The predicted octanol–water partition coefficient (Wildman–Crippen LogP) is 0.297. The third-order valence-electron chi connectivity index (χ3n) is 3.11. The first-order valence-electron chi connectivity index (χ1n) is 7.56. The minimum atomic E-state index is -0.480. The summed E-state index contributed by atoms with van der Waals surface area (Å²) in [7, 11) is 1.34. The van der Waals surface area contributed by atoms with Gasteiger partial charge in [0.1, 0.15) is 25.0 Å². The Morgan fingerprint density at radius 3 is 2.59 bits per heavy atom. The highest BCUT2D eigenvalue weighted by Gasteiger charge is 2.08. The summed E-state index contributed by atoms with van der Waals surface area (Å²) in [5.41, 5.74) is 1.09. The molecular weight excluding hydrogens is 284 g/mol. The van der Waals surface area contributed by atoms with Gasteiger partial charge in [-0.05, 0) is 38.0 Å². The van der Waals surface area contributed by atoms with E-state index in [9.17, 15) is 9.90 Å². The van der Waals surface area contributed by atoms with Crippen LogP contribution in [-0.4, -0.2) is 50.2 Å². The molecule has 0 bridgehead atoms. The van der Waals surface area contributed by atoms with E-state index in [1.54, 1.807) is 0 Å². The SMILES string of the molecule is COC(=O)NCCc1ccc(OC[C@H](O)C[NH2+]C(C)C)cc1. The van der Waals surface area contributed by atoms with E-state index in [4.69, 9.17) is 4.74 Å². The zero-order valence-corrected chi connectivity index (χ0v) is 13.5. The Bertz CT molecular complexity index is 434. The lowest BCUT2D eigenvalue weighted by Crippen LogP contribution is -2.90. The molecule has 0 radical (unpaired) electrons. The van der Waals surface area contributed by atoms with Crippen LogP contribution in [0.5, 0.6) is 5.75 Å². The molecule has 1 amide bonds. The number of carbonyl (C=O) groups excluding carboxylic acids is 1. The fourth-order valence-corrected chi connectivity index (χ4v) is 1.82. The first-order valence-corrected chi connectivity index (χ1v) is 7.56. The standard InChI is InChI=1S/C16H26N2O4/c1-12(2)18-10-14(19)11-22-15-6-4-13(5-7-15)8-9-17-16(20)21-3/h4-7,12,14,18-19H,8-11H2,1-3H3,(H,17,20)/p+1/t14-/m1/s1. The number of benzene rings is 1. The number of methoxy groups -OCH3 is 1. The summed E-state index contributed by atoms with van der Waals surface area (Å²) < 4.78 is 10.1. The Labute approximate surface area is 131 Å². The van der Waals surface area contributed by atoms with Gasteiger partial charge in [0, 0.05) is 6.54 Å². The molecule has 1 rings (SSSR count). The fraction of sp³-hybridized carbons (Fsp3) is 0.562. The maximum Gasteiger partial charge on any atom is 0.406 e. The van der Waals surface area contributed by atoms with E-state index in [2.05, 4.69) is 29.2 Å². The zero-order valence-electron chi connectivity index (χ0n) is 13.5. The van der Waals surface area contributed by atoms with Crippen molar-refractivity contribution in [3.8, 4) is 5.75 Å². The van der Waals surface area contributed by atoms with E-state index in [0.717, 1.165) is 17.7 Å². The number of amides is 1. The van der Waals surface area contributed by atoms with E-state index in [-0.39, 0.29) is 6.61 Å². The molecule has 0 aliphatic heterocycles. The molecule has 1 atom stereocenters. The summed E-state index contributed by atoms with van der Waals surface area (Å²) >= 11 is 0. The van der Waals surface area contributed by atoms with Gasteiger partial charge in [-0.1, -0.05) is 12.1 Å². The van der Waals surface area contributed by atoms with E-state index in [1.807, 2.05) is 24.3 Å². The van der Waals surface area contributed by atoms with Crippen molar-refractivity contribution in [1.82, 2.24) is 5.32 Å². The largest absolute Gasteiger partial charge is 0.491 e. The summed E-state index contributed by atoms with van der Waals surface area (Å²) in [4.78, 5) is 10.9. The molecule has 6 nitrogen and oxygen atoms in total. The maximum atomic E-state index is 10.9. The van der Waals surface area contributed by atoms with Crippen molar-refractivity contribution < 1.29 is 24.7 Å². The van der Waals surface area contributed by atoms with Crippen LogP contribution in [0.15, 0.2) is 24.3 Å². The fourth-order valence-electron chi connectivity index (χ4n) is 1.82. The van der Waals surface area contributed by atoms with Crippen LogP contribution in [0.2, 0.25) is 0 Å². The summed E-state index contributed by atoms with van der Waals surface area (Å²) in [5.74, 6) is 0.730. The highest BCUT2D eigenvalue weighted by atomic mass is 16.5. The van der Waals surface area contributed by atoms with Gasteiger partial charge in [0.05, 0.1) is 13.2 Å². The Morgan fingerprint density at radius 2 is 2.00 bits per heavy atom.